The number of para-hydroxylation sites is 1. The van der Waals surface area contributed by atoms with Crippen molar-refractivity contribution in [2.45, 2.75) is 52.4 Å². The molecule has 1 aromatic heterocycles. The predicted molar refractivity (Wildman–Crippen MR) is 85.3 cm³/mol. The lowest BCUT2D eigenvalue weighted by Crippen LogP contribution is -1.86. The summed E-state index contributed by atoms with van der Waals surface area (Å²) >= 11 is 0. The van der Waals surface area contributed by atoms with Gasteiger partial charge >= 0.3 is 0 Å². The SMILES string of the molecule is C/C=C(/CCCCCCC)c1cc2ccccc2[nH]1. The first-order valence-electron chi connectivity index (χ1n) is 7.58. The van der Waals surface area contributed by atoms with E-state index in [1.165, 1.54) is 60.7 Å². The van der Waals surface area contributed by atoms with E-state index in [9.17, 15) is 0 Å². The zero-order chi connectivity index (χ0) is 13.5. The van der Waals surface area contributed by atoms with E-state index < -0.39 is 0 Å². The van der Waals surface area contributed by atoms with Gasteiger partial charge in [-0.3, -0.25) is 0 Å². The zero-order valence-electron chi connectivity index (χ0n) is 12.2. The number of aromatic amines is 1. The molecule has 1 heterocycles. The van der Waals surface area contributed by atoms with Crippen LogP contribution < -0.4 is 0 Å². The third-order valence-corrected chi connectivity index (χ3v) is 3.77. The number of fused-ring (bicyclic) bond motifs is 1. The summed E-state index contributed by atoms with van der Waals surface area (Å²) in [5, 5.41) is 1.31. The number of rotatable bonds is 7. The maximum atomic E-state index is 3.53. The molecule has 0 fully saturated rings. The minimum Gasteiger partial charge on any atom is -0.355 e. The van der Waals surface area contributed by atoms with Crippen LogP contribution in [0, 0.1) is 0 Å². The second-order valence-electron chi connectivity index (χ2n) is 5.25. The Labute approximate surface area is 116 Å². The first-order valence-corrected chi connectivity index (χ1v) is 7.58. The molecule has 102 valence electrons. The quantitative estimate of drug-likeness (QED) is 0.590. The lowest BCUT2D eigenvalue weighted by molar-refractivity contribution is 0.640. The molecule has 0 unspecified atom stereocenters. The minimum atomic E-state index is 1.19. The largest absolute Gasteiger partial charge is 0.355 e. The maximum Gasteiger partial charge on any atom is 0.0458 e. The van der Waals surface area contributed by atoms with Crippen LogP contribution in [-0.4, -0.2) is 4.98 Å². The Morgan fingerprint density at radius 2 is 1.89 bits per heavy atom. The molecular formula is C18H25N. The fourth-order valence-corrected chi connectivity index (χ4v) is 2.60. The summed E-state index contributed by atoms with van der Waals surface area (Å²) in [6, 6.07) is 10.8. The van der Waals surface area contributed by atoms with Gasteiger partial charge in [0.2, 0.25) is 0 Å². The van der Waals surface area contributed by atoms with E-state index in [0.717, 1.165) is 0 Å². The predicted octanol–water partition coefficient (Wildman–Crippen LogP) is 5.93. The van der Waals surface area contributed by atoms with Crippen molar-refractivity contribution >= 4 is 16.5 Å². The molecule has 0 spiro atoms. The molecule has 0 atom stereocenters. The van der Waals surface area contributed by atoms with E-state index in [0.29, 0.717) is 0 Å². The molecule has 0 aliphatic heterocycles. The summed E-state index contributed by atoms with van der Waals surface area (Å²) in [7, 11) is 0. The summed E-state index contributed by atoms with van der Waals surface area (Å²) < 4.78 is 0. The molecule has 19 heavy (non-hydrogen) atoms. The highest BCUT2D eigenvalue weighted by molar-refractivity contribution is 5.84. The van der Waals surface area contributed by atoms with Gasteiger partial charge in [-0.1, -0.05) is 56.9 Å². The topological polar surface area (TPSA) is 15.8 Å². The Morgan fingerprint density at radius 1 is 1.11 bits per heavy atom. The number of allylic oxidation sites excluding steroid dienone is 2. The average molecular weight is 255 g/mol. The van der Waals surface area contributed by atoms with Crippen molar-refractivity contribution in [1.29, 1.82) is 0 Å². The zero-order valence-corrected chi connectivity index (χ0v) is 12.2. The van der Waals surface area contributed by atoms with Crippen LogP contribution in [0.4, 0.5) is 0 Å². The number of hydrogen-bond donors (Lipinski definition) is 1. The van der Waals surface area contributed by atoms with E-state index in [1.807, 2.05) is 0 Å². The summed E-state index contributed by atoms with van der Waals surface area (Å²) in [6.07, 6.45) is 10.2. The van der Waals surface area contributed by atoms with Gasteiger partial charge < -0.3 is 4.98 Å². The van der Waals surface area contributed by atoms with E-state index in [2.05, 4.69) is 55.2 Å². The summed E-state index contributed by atoms with van der Waals surface area (Å²) in [5.41, 5.74) is 3.98. The molecule has 1 nitrogen and oxygen atoms in total. The van der Waals surface area contributed by atoms with Gasteiger partial charge in [0.05, 0.1) is 0 Å². The Morgan fingerprint density at radius 3 is 2.63 bits per heavy atom. The Hall–Kier alpha value is -1.50. The van der Waals surface area contributed by atoms with Crippen LogP contribution in [0.25, 0.3) is 16.5 Å². The van der Waals surface area contributed by atoms with Gasteiger partial charge in [0.15, 0.2) is 0 Å². The highest BCUT2D eigenvalue weighted by Crippen LogP contribution is 2.24. The van der Waals surface area contributed by atoms with E-state index in [-0.39, 0.29) is 0 Å². The normalized spacial score (nSPS) is 12.2. The molecule has 0 bridgehead atoms. The number of nitrogens with one attached hydrogen (secondary N) is 1. The van der Waals surface area contributed by atoms with Crippen LogP contribution in [0.15, 0.2) is 36.4 Å². The molecular weight excluding hydrogens is 230 g/mol. The molecule has 0 saturated heterocycles. The van der Waals surface area contributed by atoms with Crippen molar-refractivity contribution in [2.75, 3.05) is 0 Å². The molecule has 0 aliphatic rings. The van der Waals surface area contributed by atoms with Gasteiger partial charge in [-0.2, -0.15) is 0 Å². The first-order chi connectivity index (χ1) is 9.35. The van der Waals surface area contributed by atoms with Crippen LogP contribution >= 0.6 is 0 Å². The maximum absolute atomic E-state index is 3.53. The van der Waals surface area contributed by atoms with E-state index in [4.69, 9.17) is 0 Å². The Kier molecular flexibility index (Phi) is 5.26. The second kappa shape index (κ2) is 7.18. The van der Waals surface area contributed by atoms with E-state index >= 15 is 0 Å². The number of hydrogen-bond acceptors (Lipinski definition) is 0. The third-order valence-electron chi connectivity index (χ3n) is 3.77. The molecule has 0 saturated carbocycles. The number of aromatic nitrogens is 1. The van der Waals surface area contributed by atoms with Crippen molar-refractivity contribution < 1.29 is 0 Å². The van der Waals surface area contributed by atoms with Crippen molar-refractivity contribution in [1.82, 2.24) is 4.98 Å². The van der Waals surface area contributed by atoms with E-state index in [1.54, 1.807) is 0 Å². The lowest BCUT2D eigenvalue weighted by atomic mass is 10.0. The number of unbranched alkanes of at least 4 members (excludes halogenated alkanes) is 4. The minimum absolute atomic E-state index is 1.19. The van der Waals surface area contributed by atoms with Gasteiger partial charge in [0.1, 0.15) is 0 Å². The second-order valence-corrected chi connectivity index (χ2v) is 5.25. The first kappa shape index (κ1) is 13.9. The van der Waals surface area contributed by atoms with Gasteiger partial charge in [-0.05, 0) is 42.9 Å². The summed E-state index contributed by atoms with van der Waals surface area (Å²) in [4.78, 5) is 3.53. The van der Waals surface area contributed by atoms with Gasteiger partial charge in [-0.25, -0.2) is 0 Å². The van der Waals surface area contributed by atoms with Crippen LogP contribution in [0.1, 0.15) is 58.1 Å². The summed E-state index contributed by atoms with van der Waals surface area (Å²) in [6.45, 7) is 4.41. The molecule has 0 radical (unpaired) electrons. The number of benzene rings is 1. The van der Waals surface area contributed by atoms with Crippen molar-refractivity contribution in [2.24, 2.45) is 0 Å². The molecule has 2 aromatic rings. The lowest BCUT2D eigenvalue weighted by Gasteiger charge is -2.05. The molecule has 0 aliphatic carbocycles. The van der Waals surface area contributed by atoms with Crippen LogP contribution in [0.2, 0.25) is 0 Å². The Balaban J connectivity index is 1.97. The van der Waals surface area contributed by atoms with Crippen molar-refractivity contribution in [3.63, 3.8) is 0 Å². The van der Waals surface area contributed by atoms with Crippen LogP contribution in [-0.2, 0) is 0 Å². The van der Waals surface area contributed by atoms with Gasteiger partial charge in [-0.15, -0.1) is 0 Å². The molecule has 2 rings (SSSR count). The van der Waals surface area contributed by atoms with Crippen LogP contribution in [0.5, 0.6) is 0 Å². The average Bonchev–Trinajstić information content (AvgIpc) is 2.86. The monoisotopic (exact) mass is 255 g/mol. The highest BCUT2D eigenvalue weighted by atomic mass is 14.7. The van der Waals surface area contributed by atoms with Crippen LogP contribution in [0.3, 0.4) is 0 Å². The smallest absolute Gasteiger partial charge is 0.0458 e. The van der Waals surface area contributed by atoms with Gasteiger partial charge in [0, 0.05) is 11.2 Å². The standard InChI is InChI=1S/C18H25N/c1-3-5-6-7-8-11-15(4-2)18-14-16-12-9-10-13-17(16)19-18/h4,9-10,12-14,19H,3,5-8,11H2,1-2H3/b15-4-. The molecule has 1 heteroatoms. The summed E-state index contributed by atoms with van der Waals surface area (Å²) in [5.74, 6) is 0. The van der Waals surface area contributed by atoms with Gasteiger partial charge in [0.25, 0.3) is 0 Å². The third kappa shape index (κ3) is 3.73. The molecule has 1 aromatic carbocycles. The molecule has 1 N–H and O–H groups in total. The fourth-order valence-electron chi connectivity index (χ4n) is 2.60. The highest BCUT2D eigenvalue weighted by Gasteiger charge is 2.04. The van der Waals surface area contributed by atoms with Crippen molar-refractivity contribution in [3.8, 4) is 0 Å². The fraction of sp³-hybridized carbons (Fsp3) is 0.444. The number of H-pyrrole nitrogens is 1. The Bertz CT molecular complexity index is 500. The van der Waals surface area contributed by atoms with Crippen molar-refractivity contribution in [3.05, 3.63) is 42.1 Å². The molecule has 0 amide bonds.